The Labute approximate surface area is 146 Å². The Balaban J connectivity index is 1.48. The maximum Gasteiger partial charge on any atom is 0.260 e. The highest BCUT2D eigenvalue weighted by atomic mass is 19.1. The second kappa shape index (κ2) is 7.88. The summed E-state index contributed by atoms with van der Waals surface area (Å²) >= 11 is 0. The molecule has 6 heteroatoms. The molecule has 0 saturated carbocycles. The highest BCUT2D eigenvalue weighted by molar-refractivity contribution is 5.78. The van der Waals surface area contributed by atoms with Crippen LogP contribution in [0.15, 0.2) is 48.5 Å². The number of anilines is 1. The monoisotopic (exact) mass is 344 g/mol. The summed E-state index contributed by atoms with van der Waals surface area (Å²) in [7, 11) is 1.64. The number of hydrogen-bond donors (Lipinski definition) is 0. The maximum atomic E-state index is 13.1. The summed E-state index contributed by atoms with van der Waals surface area (Å²) < 4.78 is 23.7. The van der Waals surface area contributed by atoms with E-state index in [1.54, 1.807) is 24.1 Å². The topological polar surface area (TPSA) is 42.0 Å². The smallest absolute Gasteiger partial charge is 0.260 e. The van der Waals surface area contributed by atoms with Gasteiger partial charge in [0.2, 0.25) is 0 Å². The van der Waals surface area contributed by atoms with E-state index in [-0.39, 0.29) is 18.3 Å². The predicted molar refractivity (Wildman–Crippen MR) is 93.7 cm³/mol. The quantitative estimate of drug-likeness (QED) is 0.836. The van der Waals surface area contributed by atoms with Gasteiger partial charge < -0.3 is 19.3 Å². The van der Waals surface area contributed by atoms with E-state index in [2.05, 4.69) is 4.90 Å². The van der Waals surface area contributed by atoms with Crippen molar-refractivity contribution in [1.82, 2.24) is 4.90 Å². The number of hydrogen-bond acceptors (Lipinski definition) is 4. The molecule has 1 amide bonds. The minimum Gasteiger partial charge on any atom is -0.497 e. The van der Waals surface area contributed by atoms with E-state index in [9.17, 15) is 9.18 Å². The van der Waals surface area contributed by atoms with Crippen molar-refractivity contribution in [3.8, 4) is 11.5 Å². The maximum absolute atomic E-state index is 13.1. The number of nitrogens with zero attached hydrogens (tertiary/aromatic N) is 2. The van der Waals surface area contributed by atoms with Crippen LogP contribution >= 0.6 is 0 Å². The largest absolute Gasteiger partial charge is 0.497 e. The van der Waals surface area contributed by atoms with Crippen LogP contribution in [0.2, 0.25) is 0 Å². The first-order valence-corrected chi connectivity index (χ1v) is 8.21. The Morgan fingerprint density at radius 2 is 1.76 bits per heavy atom. The van der Waals surface area contributed by atoms with Gasteiger partial charge in [0.25, 0.3) is 5.91 Å². The van der Waals surface area contributed by atoms with Gasteiger partial charge in [0.1, 0.15) is 17.3 Å². The molecule has 132 valence electrons. The molecule has 1 aliphatic heterocycles. The summed E-state index contributed by atoms with van der Waals surface area (Å²) in [5.74, 6) is 0.731. The number of piperazine rings is 1. The lowest BCUT2D eigenvalue weighted by atomic mass is 10.2. The normalized spacial score (nSPS) is 14.3. The Kier molecular flexibility index (Phi) is 5.38. The Morgan fingerprint density at radius 1 is 1.04 bits per heavy atom. The van der Waals surface area contributed by atoms with E-state index < -0.39 is 0 Å². The molecule has 0 aliphatic carbocycles. The van der Waals surface area contributed by atoms with Crippen molar-refractivity contribution in [2.24, 2.45) is 0 Å². The number of benzene rings is 2. The molecule has 3 rings (SSSR count). The third-order valence-electron chi connectivity index (χ3n) is 4.23. The number of amides is 1. The Morgan fingerprint density at radius 3 is 2.40 bits per heavy atom. The van der Waals surface area contributed by atoms with E-state index in [4.69, 9.17) is 9.47 Å². The van der Waals surface area contributed by atoms with Crippen LogP contribution in [0.4, 0.5) is 10.1 Å². The molecule has 0 unspecified atom stereocenters. The molecule has 0 radical (unpaired) electrons. The molecular weight excluding hydrogens is 323 g/mol. The second-order valence-corrected chi connectivity index (χ2v) is 5.81. The summed E-state index contributed by atoms with van der Waals surface area (Å²) in [5, 5.41) is 0. The van der Waals surface area contributed by atoms with Gasteiger partial charge in [-0.25, -0.2) is 4.39 Å². The van der Waals surface area contributed by atoms with Gasteiger partial charge in [-0.1, -0.05) is 6.07 Å². The zero-order chi connectivity index (χ0) is 17.6. The SMILES string of the molecule is COc1ccc(N2CCN(C(=O)COc3cccc(F)c3)CC2)cc1. The zero-order valence-electron chi connectivity index (χ0n) is 14.2. The highest BCUT2D eigenvalue weighted by Gasteiger charge is 2.21. The van der Waals surface area contributed by atoms with Crippen molar-refractivity contribution in [2.45, 2.75) is 0 Å². The number of rotatable bonds is 5. The lowest BCUT2D eigenvalue weighted by molar-refractivity contribution is -0.133. The van der Waals surface area contributed by atoms with E-state index >= 15 is 0 Å². The van der Waals surface area contributed by atoms with Gasteiger partial charge in [-0.2, -0.15) is 0 Å². The molecule has 5 nitrogen and oxygen atoms in total. The van der Waals surface area contributed by atoms with Crippen LogP contribution in [0.1, 0.15) is 0 Å². The summed E-state index contributed by atoms with van der Waals surface area (Å²) in [6.07, 6.45) is 0. The van der Waals surface area contributed by atoms with Crippen molar-refractivity contribution in [3.63, 3.8) is 0 Å². The molecule has 1 fully saturated rings. The molecule has 1 saturated heterocycles. The van der Waals surface area contributed by atoms with Crippen molar-refractivity contribution < 1.29 is 18.7 Å². The van der Waals surface area contributed by atoms with Gasteiger partial charge in [-0.05, 0) is 36.4 Å². The van der Waals surface area contributed by atoms with Gasteiger partial charge in [0.15, 0.2) is 6.61 Å². The molecule has 1 aliphatic rings. The number of carbonyl (C=O) groups is 1. The standard InChI is InChI=1S/C19H21FN2O3/c1-24-17-7-5-16(6-8-17)21-9-11-22(12-10-21)19(23)14-25-18-4-2-3-15(20)13-18/h2-8,13H,9-12,14H2,1H3. The number of carbonyl (C=O) groups excluding carboxylic acids is 1. The molecule has 2 aromatic carbocycles. The molecule has 0 atom stereocenters. The minimum atomic E-state index is -0.377. The van der Waals surface area contributed by atoms with E-state index in [0.717, 1.165) is 24.5 Å². The summed E-state index contributed by atoms with van der Waals surface area (Å²) in [6.45, 7) is 2.72. The fourth-order valence-corrected chi connectivity index (χ4v) is 2.80. The van der Waals surface area contributed by atoms with Crippen LogP contribution in [0, 0.1) is 5.82 Å². The van der Waals surface area contributed by atoms with Crippen molar-refractivity contribution in [2.75, 3.05) is 44.8 Å². The molecule has 1 heterocycles. The fourth-order valence-electron chi connectivity index (χ4n) is 2.80. The van der Waals surface area contributed by atoms with Crippen molar-refractivity contribution >= 4 is 11.6 Å². The minimum absolute atomic E-state index is 0.0774. The van der Waals surface area contributed by atoms with Gasteiger partial charge in [0.05, 0.1) is 7.11 Å². The first-order chi connectivity index (χ1) is 12.2. The third kappa shape index (κ3) is 4.41. The molecule has 0 aromatic heterocycles. The van der Waals surface area contributed by atoms with E-state index in [0.29, 0.717) is 18.8 Å². The molecular formula is C19H21FN2O3. The van der Waals surface area contributed by atoms with Gasteiger partial charge in [-0.15, -0.1) is 0 Å². The van der Waals surface area contributed by atoms with Crippen LogP contribution in [0.3, 0.4) is 0 Å². The lowest BCUT2D eigenvalue weighted by Crippen LogP contribution is -2.50. The second-order valence-electron chi connectivity index (χ2n) is 5.81. The average Bonchev–Trinajstić information content (AvgIpc) is 2.66. The average molecular weight is 344 g/mol. The van der Waals surface area contributed by atoms with Crippen molar-refractivity contribution in [1.29, 1.82) is 0 Å². The van der Waals surface area contributed by atoms with Crippen LogP contribution in [-0.2, 0) is 4.79 Å². The van der Waals surface area contributed by atoms with E-state index in [1.165, 1.54) is 12.1 Å². The highest BCUT2D eigenvalue weighted by Crippen LogP contribution is 2.20. The van der Waals surface area contributed by atoms with E-state index in [1.807, 2.05) is 24.3 Å². The van der Waals surface area contributed by atoms with Crippen LogP contribution < -0.4 is 14.4 Å². The summed E-state index contributed by atoms with van der Waals surface area (Å²) in [4.78, 5) is 16.3. The van der Waals surface area contributed by atoms with Gasteiger partial charge in [-0.3, -0.25) is 4.79 Å². The Bertz CT molecular complexity index is 713. The van der Waals surface area contributed by atoms with Crippen LogP contribution in [-0.4, -0.2) is 50.7 Å². The van der Waals surface area contributed by atoms with Gasteiger partial charge in [0, 0.05) is 37.9 Å². The first-order valence-electron chi connectivity index (χ1n) is 8.21. The van der Waals surface area contributed by atoms with Crippen LogP contribution in [0.25, 0.3) is 0 Å². The third-order valence-corrected chi connectivity index (χ3v) is 4.23. The molecule has 0 N–H and O–H groups in total. The number of methoxy groups -OCH3 is 1. The number of ether oxygens (including phenoxy) is 2. The fraction of sp³-hybridized carbons (Fsp3) is 0.316. The molecule has 0 bridgehead atoms. The summed E-state index contributed by atoms with van der Waals surface area (Å²) in [5.41, 5.74) is 1.11. The first kappa shape index (κ1) is 17.1. The van der Waals surface area contributed by atoms with Gasteiger partial charge >= 0.3 is 0 Å². The number of halogens is 1. The lowest BCUT2D eigenvalue weighted by Gasteiger charge is -2.36. The van der Waals surface area contributed by atoms with Crippen molar-refractivity contribution in [3.05, 3.63) is 54.3 Å². The molecule has 2 aromatic rings. The summed E-state index contributed by atoms with van der Waals surface area (Å²) in [6, 6.07) is 13.7. The molecule has 25 heavy (non-hydrogen) atoms. The molecule has 0 spiro atoms. The predicted octanol–water partition coefficient (Wildman–Crippen LogP) is 2.56. The zero-order valence-corrected chi connectivity index (χ0v) is 14.2. The van der Waals surface area contributed by atoms with Crippen LogP contribution in [0.5, 0.6) is 11.5 Å². The Hall–Kier alpha value is -2.76.